The molecule has 0 radical (unpaired) electrons. The summed E-state index contributed by atoms with van der Waals surface area (Å²) in [6.45, 7) is 1.53. The molecule has 0 unspecified atom stereocenters. The summed E-state index contributed by atoms with van der Waals surface area (Å²) in [6, 6.07) is 9.99. The van der Waals surface area contributed by atoms with Crippen molar-refractivity contribution >= 4 is 27.3 Å². The molecule has 0 N–H and O–H groups in total. The third kappa shape index (κ3) is 2.87. The van der Waals surface area contributed by atoms with Crippen LogP contribution < -0.4 is 4.90 Å². The van der Waals surface area contributed by atoms with E-state index in [1.807, 2.05) is 0 Å². The lowest BCUT2D eigenvalue weighted by molar-refractivity contribution is -0.180. The number of fused-ring (bicyclic) bond motifs is 2. The molecule has 5 rings (SSSR count). The van der Waals surface area contributed by atoms with E-state index in [1.54, 1.807) is 6.07 Å². The van der Waals surface area contributed by atoms with E-state index in [9.17, 15) is 17.6 Å². The van der Waals surface area contributed by atoms with Crippen molar-refractivity contribution in [1.29, 1.82) is 0 Å². The van der Waals surface area contributed by atoms with E-state index in [2.05, 4.69) is 0 Å². The van der Waals surface area contributed by atoms with Gasteiger partial charge in [-0.3, -0.25) is 9.69 Å². The maximum atomic E-state index is 13.8. The summed E-state index contributed by atoms with van der Waals surface area (Å²) in [4.78, 5) is 14.7. The summed E-state index contributed by atoms with van der Waals surface area (Å²) < 4.78 is 58.0. The molecule has 2 aromatic rings. The molecule has 2 saturated heterocycles. The largest absolute Gasteiger partial charge is 0.379 e. The van der Waals surface area contributed by atoms with Crippen molar-refractivity contribution in [2.24, 2.45) is 0 Å². The van der Waals surface area contributed by atoms with Crippen LogP contribution in [0.4, 0.5) is 15.8 Å². The number of sulfonamides is 1. The van der Waals surface area contributed by atoms with Crippen LogP contribution >= 0.6 is 0 Å². The Morgan fingerprint density at radius 1 is 0.967 bits per heavy atom. The van der Waals surface area contributed by atoms with E-state index >= 15 is 0 Å². The van der Waals surface area contributed by atoms with Gasteiger partial charge in [-0.15, -0.1) is 0 Å². The highest BCUT2D eigenvalue weighted by molar-refractivity contribution is 7.89. The van der Waals surface area contributed by atoms with Crippen molar-refractivity contribution in [3.8, 4) is 0 Å². The molecule has 3 heterocycles. The molecular formula is C20H19FN2O6S. The van der Waals surface area contributed by atoms with E-state index < -0.39 is 27.5 Å². The minimum atomic E-state index is -3.78. The molecule has 0 atom stereocenters. The molecular weight excluding hydrogens is 415 g/mol. The zero-order valence-corrected chi connectivity index (χ0v) is 16.7. The van der Waals surface area contributed by atoms with Crippen LogP contribution in [0.5, 0.6) is 0 Å². The molecule has 158 valence electrons. The third-order valence-electron chi connectivity index (χ3n) is 5.42. The summed E-state index contributed by atoms with van der Waals surface area (Å²) in [5.41, 5.74) is 0.998. The van der Waals surface area contributed by atoms with E-state index in [1.165, 1.54) is 45.6 Å². The normalized spacial score (nSPS) is 21.4. The number of hydrogen-bond acceptors (Lipinski definition) is 6. The summed E-state index contributed by atoms with van der Waals surface area (Å²) in [5.74, 6) is -2.78. The number of benzene rings is 2. The Hall–Kier alpha value is -2.37. The highest BCUT2D eigenvalue weighted by Gasteiger charge is 2.57. The van der Waals surface area contributed by atoms with E-state index in [-0.39, 0.29) is 31.2 Å². The van der Waals surface area contributed by atoms with Gasteiger partial charge in [0, 0.05) is 18.7 Å². The first-order chi connectivity index (χ1) is 14.4. The van der Waals surface area contributed by atoms with Gasteiger partial charge < -0.3 is 14.2 Å². The lowest BCUT2D eigenvalue weighted by Crippen LogP contribution is -2.41. The van der Waals surface area contributed by atoms with Gasteiger partial charge in [-0.05, 0) is 36.4 Å². The van der Waals surface area contributed by atoms with Crippen molar-refractivity contribution < 1.29 is 31.8 Å². The molecule has 2 fully saturated rings. The highest BCUT2D eigenvalue weighted by atomic mass is 32.2. The maximum absolute atomic E-state index is 13.8. The van der Waals surface area contributed by atoms with E-state index in [0.29, 0.717) is 30.2 Å². The second-order valence-corrected chi connectivity index (χ2v) is 9.07. The minimum absolute atomic E-state index is 0.0375. The average molecular weight is 434 g/mol. The van der Waals surface area contributed by atoms with Gasteiger partial charge in [-0.1, -0.05) is 6.07 Å². The Labute approximate surface area is 172 Å². The summed E-state index contributed by atoms with van der Waals surface area (Å²) in [6.07, 6.45) is 0. The first-order valence-corrected chi connectivity index (χ1v) is 11.0. The molecule has 10 heteroatoms. The Bertz CT molecular complexity index is 1110. The van der Waals surface area contributed by atoms with Crippen molar-refractivity contribution in [3.05, 3.63) is 53.8 Å². The van der Waals surface area contributed by atoms with Gasteiger partial charge in [0.15, 0.2) is 0 Å². The Balaban J connectivity index is 1.64. The fourth-order valence-corrected chi connectivity index (χ4v) is 5.44. The smallest absolute Gasteiger partial charge is 0.297 e. The predicted molar refractivity (Wildman–Crippen MR) is 103 cm³/mol. The van der Waals surface area contributed by atoms with Crippen LogP contribution in [0.1, 0.15) is 5.56 Å². The molecule has 3 aliphatic heterocycles. The number of halogens is 1. The van der Waals surface area contributed by atoms with Gasteiger partial charge in [0.05, 0.1) is 42.7 Å². The Kier molecular flexibility index (Phi) is 4.64. The number of anilines is 2. The van der Waals surface area contributed by atoms with Crippen molar-refractivity contribution in [2.45, 2.75) is 10.7 Å². The van der Waals surface area contributed by atoms with Crippen LogP contribution in [0.3, 0.4) is 0 Å². The Morgan fingerprint density at radius 2 is 1.70 bits per heavy atom. The lowest BCUT2D eigenvalue weighted by Gasteiger charge is -2.26. The number of rotatable bonds is 3. The van der Waals surface area contributed by atoms with Gasteiger partial charge in [-0.2, -0.15) is 4.31 Å². The molecule has 0 aliphatic carbocycles. The van der Waals surface area contributed by atoms with Crippen molar-refractivity contribution in [1.82, 2.24) is 4.31 Å². The highest BCUT2D eigenvalue weighted by Crippen LogP contribution is 2.49. The van der Waals surface area contributed by atoms with E-state index in [4.69, 9.17) is 14.2 Å². The van der Waals surface area contributed by atoms with Crippen LogP contribution in [0.25, 0.3) is 0 Å². The first-order valence-electron chi connectivity index (χ1n) is 9.54. The van der Waals surface area contributed by atoms with Gasteiger partial charge in [-0.25, -0.2) is 12.8 Å². The molecule has 0 bridgehead atoms. The molecule has 1 spiro atoms. The quantitative estimate of drug-likeness (QED) is 0.732. The molecule has 0 saturated carbocycles. The second-order valence-electron chi connectivity index (χ2n) is 7.13. The second kappa shape index (κ2) is 7.10. The van der Waals surface area contributed by atoms with Crippen molar-refractivity contribution in [3.63, 3.8) is 0 Å². The Morgan fingerprint density at radius 3 is 2.40 bits per heavy atom. The summed E-state index contributed by atoms with van der Waals surface area (Å²) in [5, 5.41) is 0. The SMILES string of the molecule is O=C1N(c2cccc(F)c2)c2ccc(S(=O)(=O)N3CCOCC3)cc2C12OCCO2. The zero-order chi connectivity index (χ0) is 20.9. The first kappa shape index (κ1) is 19.6. The fraction of sp³-hybridized carbons (Fsp3) is 0.350. The lowest BCUT2D eigenvalue weighted by atomic mass is 10.1. The topological polar surface area (TPSA) is 85.4 Å². The van der Waals surface area contributed by atoms with Gasteiger partial charge in [0.2, 0.25) is 10.0 Å². The summed E-state index contributed by atoms with van der Waals surface area (Å²) in [7, 11) is -3.78. The summed E-state index contributed by atoms with van der Waals surface area (Å²) >= 11 is 0. The van der Waals surface area contributed by atoms with Gasteiger partial charge in [0.1, 0.15) is 5.82 Å². The number of morpholine rings is 1. The molecule has 2 aromatic carbocycles. The molecule has 0 aromatic heterocycles. The predicted octanol–water partition coefficient (Wildman–Crippen LogP) is 1.72. The van der Waals surface area contributed by atoms with Crippen LogP contribution in [-0.2, 0) is 34.8 Å². The van der Waals surface area contributed by atoms with E-state index in [0.717, 1.165) is 0 Å². The fourth-order valence-electron chi connectivity index (χ4n) is 4.01. The number of amides is 1. The number of carbonyl (C=O) groups excluding carboxylic acids is 1. The molecule has 1 amide bonds. The number of hydrogen-bond donors (Lipinski definition) is 0. The van der Waals surface area contributed by atoms with Gasteiger partial charge in [0.25, 0.3) is 11.7 Å². The number of ether oxygens (including phenoxy) is 3. The molecule has 3 aliphatic rings. The van der Waals surface area contributed by atoms with Crippen molar-refractivity contribution in [2.75, 3.05) is 44.4 Å². The minimum Gasteiger partial charge on any atom is -0.379 e. The van der Waals surface area contributed by atoms with Crippen LogP contribution in [0.2, 0.25) is 0 Å². The van der Waals surface area contributed by atoms with Gasteiger partial charge >= 0.3 is 0 Å². The van der Waals surface area contributed by atoms with Crippen LogP contribution in [0.15, 0.2) is 47.4 Å². The average Bonchev–Trinajstić information content (AvgIpc) is 3.34. The molecule has 8 nitrogen and oxygen atoms in total. The zero-order valence-electron chi connectivity index (χ0n) is 15.9. The van der Waals surface area contributed by atoms with Crippen LogP contribution in [0, 0.1) is 5.82 Å². The third-order valence-corrected chi connectivity index (χ3v) is 7.31. The maximum Gasteiger partial charge on any atom is 0.297 e. The van der Waals surface area contributed by atoms with Crippen LogP contribution in [-0.4, -0.2) is 58.1 Å². The standard InChI is InChI=1S/C20H19FN2O6S/c21-14-2-1-3-15(12-14)23-18-5-4-16(30(25,26)22-6-8-27-9-7-22)13-17(18)20(19(23)24)28-10-11-29-20/h1-5,12-13H,6-11H2. The number of carbonyl (C=O) groups is 1. The number of nitrogens with zero attached hydrogens (tertiary/aromatic N) is 2. The monoisotopic (exact) mass is 434 g/mol. The molecule has 30 heavy (non-hydrogen) atoms.